The van der Waals surface area contributed by atoms with Crippen LogP contribution in [0.15, 0.2) is 12.4 Å². The van der Waals surface area contributed by atoms with Crippen LogP contribution in [0.2, 0.25) is 0 Å². The van der Waals surface area contributed by atoms with Crippen molar-refractivity contribution in [2.24, 2.45) is 5.92 Å². The molecule has 4 heteroatoms. The third kappa shape index (κ3) is 4.25. The lowest BCUT2D eigenvalue weighted by atomic mass is 9.96. The molecule has 1 heterocycles. The molecule has 19 heavy (non-hydrogen) atoms. The Morgan fingerprint density at radius 2 is 1.79 bits per heavy atom. The molecular weight excluding hydrogens is 238 g/mol. The van der Waals surface area contributed by atoms with Gasteiger partial charge in [-0.05, 0) is 25.3 Å². The van der Waals surface area contributed by atoms with Crippen LogP contribution in [-0.2, 0) is 16.9 Å². The minimum atomic E-state index is -0.343. The van der Waals surface area contributed by atoms with Crippen molar-refractivity contribution < 1.29 is 4.74 Å². The molecule has 0 aliphatic rings. The molecule has 108 valence electrons. The molecule has 4 nitrogen and oxygen atoms in total. The first-order chi connectivity index (χ1) is 9.07. The summed E-state index contributed by atoms with van der Waals surface area (Å²) < 4.78 is 5.63. The molecule has 1 N–H and O–H groups in total. The highest BCUT2D eigenvalue weighted by atomic mass is 16.5. The summed E-state index contributed by atoms with van der Waals surface area (Å²) in [6.07, 6.45) is 5.55. The molecule has 0 fully saturated rings. The summed E-state index contributed by atoms with van der Waals surface area (Å²) in [7, 11) is 1.73. The van der Waals surface area contributed by atoms with Crippen LogP contribution in [0.5, 0.6) is 0 Å². The Morgan fingerprint density at radius 3 is 2.21 bits per heavy atom. The first-order valence-electron chi connectivity index (χ1n) is 7.15. The molecule has 0 saturated carbocycles. The second kappa shape index (κ2) is 7.56. The summed E-state index contributed by atoms with van der Waals surface area (Å²) in [5.41, 5.74) is 0.769. The van der Waals surface area contributed by atoms with Crippen molar-refractivity contribution in [3.8, 4) is 0 Å². The van der Waals surface area contributed by atoms with Gasteiger partial charge in [-0.1, -0.05) is 27.7 Å². The summed E-state index contributed by atoms with van der Waals surface area (Å²) in [6, 6.07) is 0. The Bertz CT molecular complexity index is 350. The molecule has 0 unspecified atom stereocenters. The Hall–Kier alpha value is -1.00. The zero-order chi connectivity index (χ0) is 14.3. The number of ether oxygens (including phenoxy) is 1. The minimum Gasteiger partial charge on any atom is -0.370 e. The number of methoxy groups -OCH3 is 1. The van der Waals surface area contributed by atoms with Crippen LogP contribution < -0.4 is 5.32 Å². The maximum atomic E-state index is 5.63. The molecular formula is C15H27N3O. The second-order valence-corrected chi connectivity index (χ2v) is 5.35. The zero-order valence-corrected chi connectivity index (χ0v) is 12.9. The molecule has 0 spiro atoms. The van der Waals surface area contributed by atoms with E-state index in [1.165, 1.54) is 0 Å². The Kier molecular flexibility index (Phi) is 6.38. The quantitative estimate of drug-likeness (QED) is 0.785. The van der Waals surface area contributed by atoms with E-state index < -0.39 is 0 Å². The number of nitrogens with one attached hydrogen (secondary N) is 1. The van der Waals surface area contributed by atoms with Gasteiger partial charge in [-0.15, -0.1) is 0 Å². The first kappa shape index (κ1) is 16.1. The molecule has 1 aromatic heterocycles. The molecule has 0 radical (unpaired) electrons. The average molecular weight is 265 g/mol. The Labute approximate surface area is 117 Å². The van der Waals surface area contributed by atoms with Crippen molar-refractivity contribution in [1.82, 2.24) is 15.3 Å². The summed E-state index contributed by atoms with van der Waals surface area (Å²) in [5.74, 6) is 1.44. The molecule has 0 aliphatic heterocycles. The van der Waals surface area contributed by atoms with E-state index >= 15 is 0 Å². The van der Waals surface area contributed by atoms with Gasteiger partial charge < -0.3 is 10.1 Å². The SMILES string of the molecule is CCC(CC)(OC)c1ncc(CNCC(C)C)cn1. The molecule has 0 aliphatic carbocycles. The average Bonchev–Trinajstić information content (AvgIpc) is 2.42. The number of aromatic nitrogens is 2. The van der Waals surface area contributed by atoms with E-state index in [4.69, 9.17) is 4.74 Å². The molecule has 0 amide bonds. The molecule has 1 aromatic rings. The van der Waals surface area contributed by atoms with Gasteiger partial charge in [0, 0.05) is 31.6 Å². The highest BCUT2D eigenvalue weighted by Crippen LogP contribution is 2.29. The number of rotatable bonds is 8. The van der Waals surface area contributed by atoms with Gasteiger partial charge in [0.05, 0.1) is 0 Å². The van der Waals surface area contributed by atoms with Crippen LogP contribution in [0, 0.1) is 5.92 Å². The van der Waals surface area contributed by atoms with Gasteiger partial charge in [0.25, 0.3) is 0 Å². The lowest BCUT2D eigenvalue weighted by Crippen LogP contribution is -2.29. The first-order valence-corrected chi connectivity index (χ1v) is 7.15. The summed E-state index contributed by atoms with van der Waals surface area (Å²) in [6.45, 7) is 10.4. The van der Waals surface area contributed by atoms with E-state index in [9.17, 15) is 0 Å². The molecule has 0 saturated heterocycles. The fourth-order valence-electron chi connectivity index (χ4n) is 2.13. The Balaban J connectivity index is 2.70. The predicted octanol–water partition coefficient (Wildman–Crippen LogP) is 2.88. The third-order valence-corrected chi connectivity index (χ3v) is 3.53. The van der Waals surface area contributed by atoms with Crippen LogP contribution in [-0.4, -0.2) is 23.6 Å². The van der Waals surface area contributed by atoms with Crippen LogP contribution in [0.1, 0.15) is 51.9 Å². The monoisotopic (exact) mass is 265 g/mol. The summed E-state index contributed by atoms with van der Waals surface area (Å²) in [4.78, 5) is 8.97. The third-order valence-electron chi connectivity index (χ3n) is 3.53. The maximum Gasteiger partial charge on any atom is 0.160 e. The molecule has 0 bridgehead atoms. The van der Waals surface area contributed by atoms with E-state index in [0.29, 0.717) is 5.92 Å². The summed E-state index contributed by atoms with van der Waals surface area (Å²) >= 11 is 0. The van der Waals surface area contributed by atoms with Crippen molar-refractivity contribution in [2.75, 3.05) is 13.7 Å². The van der Waals surface area contributed by atoms with Gasteiger partial charge in [-0.3, -0.25) is 0 Å². The standard InChI is InChI=1S/C15H27N3O/c1-6-15(7-2,19-5)14-17-10-13(11-18-14)9-16-8-12(3)4/h10-12,16H,6-9H2,1-5H3. The van der Waals surface area contributed by atoms with Crippen LogP contribution in [0.3, 0.4) is 0 Å². The molecule has 1 rings (SSSR count). The van der Waals surface area contributed by atoms with Crippen molar-refractivity contribution in [3.05, 3.63) is 23.8 Å². The minimum absolute atomic E-state index is 0.343. The molecule has 0 aromatic carbocycles. The normalized spacial score (nSPS) is 12.1. The van der Waals surface area contributed by atoms with Gasteiger partial charge in [-0.2, -0.15) is 0 Å². The van der Waals surface area contributed by atoms with Crippen molar-refractivity contribution in [1.29, 1.82) is 0 Å². The van der Waals surface area contributed by atoms with E-state index in [-0.39, 0.29) is 5.60 Å². The van der Waals surface area contributed by atoms with Gasteiger partial charge in [-0.25, -0.2) is 9.97 Å². The lowest BCUT2D eigenvalue weighted by molar-refractivity contribution is -0.0292. The van der Waals surface area contributed by atoms with Crippen LogP contribution in [0.4, 0.5) is 0 Å². The topological polar surface area (TPSA) is 47.0 Å². The van der Waals surface area contributed by atoms with Crippen LogP contribution in [0.25, 0.3) is 0 Å². The summed E-state index contributed by atoms with van der Waals surface area (Å²) in [5, 5.41) is 3.39. The smallest absolute Gasteiger partial charge is 0.160 e. The Morgan fingerprint density at radius 1 is 1.21 bits per heavy atom. The van der Waals surface area contributed by atoms with Crippen molar-refractivity contribution >= 4 is 0 Å². The molecule has 0 atom stereocenters. The van der Waals surface area contributed by atoms with Crippen molar-refractivity contribution in [3.63, 3.8) is 0 Å². The van der Waals surface area contributed by atoms with Gasteiger partial charge >= 0.3 is 0 Å². The van der Waals surface area contributed by atoms with Crippen LogP contribution >= 0.6 is 0 Å². The zero-order valence-electron chi connectivity index (χ0n) is 12.9. The van der Waals surface area contributed by atoms with Gasteiger partial charge in [0.2, 0.25) is 0 Å². The lowest BCUT2D eigenvalue weighted by Gasteiger charge is -2.28. The van der Waals surface area contributed by atoms with E-state index in [1.54, 1.807) is 7.11 Å². The number of nitrogens with zero attached hydrogens (tertiary/aromatic N) is 2. The highest BCUT2D eigenvalue weighted by molar-refractivity contribution is 5.09. The maximum absolute atomic E-state index is 5.63. The largest absolute Gasteiger partial charge is 0.370 e. The predicted molar refractivity (Wildman–Crippen MR) is 77.8 cm³/mol. The highest BCUT2D eigenvalue weighted by Gasteiger charge is 2.30. The van der Waals surface area contributed by atoms with Gasteiger partial charge in [0.15, 0.2) is 5.82 Å². The number of hydrogen-bond acceptors (Lipinski definition) is 4. The fourth-order valence-corrected chi connectivity index (χ4v) is 2.13. The fraction of sp³-hybridized carbons (Fsp3) is 0.733. The van der Waals surface area contributed by atoms with Crippen molar-refractivity contribution in [2.45, 2.75) is 52.7 Å². The number of hydrogen-bond donors (Lipinski definition) is 1. The van der Waals surface area contributed by atoms with E-state index in [1.807, 2.05) is 12.4 Å². The second-order valence-electron chi connectivity index (χ2n) is 5.35. The van der Waals surface area contributed by atoms with E-state index in [2.05, 4.69) is 43.0 Å². The van der Waals surface area contributed by atoms with Gasteiger partial charge in [0.1, 0.15) is 5.60 Å². The van der Waals surface area contributed by atoms with E-state index in [0.717, 1.165) is 37.3 Å².